The van der Waals surface area contributed by atoms with Crippen LogP contribution in [0.3, 0.4) is 0 Å². The topological polar surface area (TPSA) is 93.0 Å². The van der Waals surface area contributed by atoms with Gasteiger partial charge in [0, 0.05) is 13.1 Å². The maximum Gasteiger partial charge on any atom is 0.329 e. The SMILES string of the molecule is CCNc1ncc([N+](=O)[O-])c(NCCCCSC)n1. The second-order valence-electron chi connectivity index (χ2n) is 3.84. The Labute approximate surface area is 116 Å². The van der Waals surface area contributed by atoms with Gasteiger partial charge < -0.3 is 10.6 Å². The molecule has 1 rings (SSSR count). The van der Waals surface area contributed by atoms with E-state index in [0.717, 1.165) is 18.6 Å². The minimum atomic E-state index is -0.472. The second kappa shape index (κ2) is 8.52. The summed E-state index contributed by atoms with van der Waals surface area (Å²) in [6, 6.07) is 0. The van der Waals surface area contributed by atoms with Crippen molar-refractivity contribution in [1.29, 1.82) is 0 Å². The van der Waals surface area contributed by atoms with Crippen LogP contribution >= 0.6 is 11.8 Å². The van der Waals surface area contributed by atoms with Gasteiger partial charge in [0.1, 0.15) is 6.20 Å². The Morgan fingerprint density at radius 2 is 2.21 bits per heavy atom. The van der Waals surface area contributed by atoms with Crippen LogP contribution in [0.5, 0.6) is 0 Å². The number of anilines is 2. The molecule has 0 aliphatic heterocycles. The van der Waals surface area contributed by atoms with Crippen LogP contribution in [0.15, 0.2) is 6.20 Å². The molecule has 7 nitrogen and oxygen atoms in total. The van der Waals surface area contributed by atoms with E-state index in [9.17, 15) is 10.1 Å². The van der Waals surface area contributed by atoms with E-state index in [2.05, 4.69) is 26.9 Å². The van der Waals surface area contributed by atoms with Crippen LogP contribution in [0.4, 0.5) is 17.5 Å². The zero-order chi connectivity index (χ0) is 14.1. The summed E-state index contributed by atoms with van der Waals surface area (Å²) in [4.78, 5) is 18.4. The predicted octanol–water partition coefficient (Wildman–Crippen LogP) is 2.37. The highest BCUT2D eigenvalue weighted by Gasteiger charge is 2.16. The molecule has 0 fully saturated rings. The molecule has 106 valence electrons. The van der Waals surface area contributed by atoms with Crippen molar-refractivity contribution >= 4 is 29.2 Å². The molecular weight excluding hydrogens is 266 g/mol. The fourth-order valence-corrected chi connectivity index (χ4v) is 1.95. The van der Waals surface area contributed by atoms with Crippen LogP contribution < -0.4 is 10.6 Å². The number of hydrogen-bond donors (Lipinski definition) is 2. The van der Waals surface area contributed by atoms with E-state index < -0.39 is 4.92 Å². The zero-order valence-corrected chi connectivity index (χ0v) is 12.0. The second-order valence-corrected chi connectivity index (χ2v) is 4.83. The Morgan fingerprint density at radius 3 is 2.84 bits per heavy atom. The van der Waals surface area contributed by atoms with Crippen LogP contribution in [-0.4, -0.2) is 40.0 Å². The first-order valence-electron chi connectivity index (χ1n) is 6.17. The predicted molar refractivity (Wildman–Crippen MR) is 79.0 cm³/mol. The highest BCUT2D eigenvalue weighted by atomic mass is 32.2. The van der Waals surface area contributed by atoms with Crippen LogP contribution in [0.25, 0.3) is 0 Å². The average molecular weight is 285 g/mol. The fourth-order valence-electron chi connectivity index (χ4n) is 1.46. The van der Waals surface area contributed by atoms with E-state index >= 15 is 0 Å². The highest BCUT2D eigenvalue weighted by Crippen LogP contribution is 2.21. The molecule has 2 N–H and O–H groups in total. The maximum atomic E-state index is 10.9. The van der Waals surface area contributed by atoms with Crippen molar-refractivity contribution in [3.05, 3.63) is 16.3 Å². The van der Waals surface area contributed by atoms with Gasteiger partial charge in [0.15, 0.2) is 0 Å². The van der Waals surface area contributed by atoms with Gasteiger partial charge >= 0.3 is 5.69 Å². The van der Waals surface area contributed by atoms with Gasteiger partial charge in [0.05, 0.1) is 4.92 Å². The molecule has 0 radical (unpaired) electrons. The number of nitro groups is 1. The van der Waals surface area contributed by atoms with Gasteiger partial charge in [-0.3, -0.25) is 10.1 Å². The summed E-state index contributed by atoms with van der Waals surface area (Å²) in [5.41, 5.74) is -0.0912. The van der Waals surface area contributed by atoms with Gasteiger partial charge in [0.25, 0.3) is 0 Å². The van der Waals surface area contributed by atoms with Gasteiger partial charge in [-0.15, -0.1) is 0 Å². The minimum Gasteiger partial charge on any atom is -0.364 e. The Morgan fingerprint density at radius 1 is 1.42 bits per heavy atom. The molecule has 0 unspecified atom stereocenters. The largest absolute Gasteiger partial charge is 0.364 e. The lowest BCUT2D eigenvalue weighted by molar-refractivity contribution is -0.384. The van der Waals surface area contributed by atoms with E-state index in [4.69, 9.17) is 0 Å². The summed E-state index contributed by atoms with van der Waals surface area (Å²) in [5, 5.41) is 16.8. The van der Waals surface area contributed by atoms with Crippen LogP contribution in [0, 0.1) is 10.1 Å². The molecule has 0 amide bonds. The fraction of sp³-hybridized carbons (Fsp3) is 0.636. The van der Waals surface area contributed by atoms with Crippen molar-refractivity contribution in [2.24, 2.45) is 0 Å². The molecule has 1 heterocycles. The summed E-state index contributed by atoms with van der Waals surface area (Å²) in [6.45, 7) is 3.26. The lowest BCUT2D eigenvalue weighted by Gasteiger charge is -2.07. The molecule has 0 aliphatic carbocycles. The molecule has 0 aromatic carbocycles. The van der Waals surface area contributed by atoms with E-state index in [0.29, 0.717) is 19.0 Å². The van der Waals surface area contributed by atoms with Crippen LogP contribution in [0.1, 0.15) is 19.8 Å². The van der Waals surface area contributed by atoms with E-state index in [1.807, 2.05) is 6.92 Å². The molecule has 1 aromatic rings. The van der Waals surface area contributed by atoms with Gasteiger partial charge in [-0.1, -0.05) is 0 Å². The van der Waals surface area contributed by atoms with Crippen molar-refractivity contribution in [3.63, 3.8) is 0 Å². The third-order valence-corrected chi connectivity index (χ3v) is 3.07. The highest BCUT2D eigenvalue weighted by molar-refractivity contribution is 7.98. The third kappa shape index (κ3) is 5.29. The molecule has 8 heteroatoms. The van der Waals surface area contributed by atoms with Crippen molar-refractivity contribution in [1.82, 2.24) is 9.97 Å². The smallest absolute Gasteiger partial charge is 0.329 e. The number of unbranched alkanes of at least 4 members (excludes halogenated alkanes) is 1. The molecule has 0 bridgehead atoms. The number of rotatable bonds is 9. The molecular formula is C11H19N5O2S. The molecule has 1 aromatic heterocycles. The number of hydrogen-bond acceptors (Lipinski definition) is 7. The lowest BCUT2D eigenvalue weighted by Crippen LogP contribution is -2.10. The number of aromatic nitrogens is 2. The standard InChI is InChI=1S/C11H19N5O2S/c1-3-12-11-14-8-9(16(17)18)10(15-11)13-6-4-5-7-19-2/h8H,3-7H2,1-2H3,(H2,12,13,14,15). The summed E-state index contributed by atoms with van der Waals surface area (Å²) in [5.74, 6) is 1.77. The summed E-state index contributed by atoms with van der Waals surface area (Å²) >= 11 is 1.79. The Balaban J connectivity index is 2.66. The van der Waals surface area contributed by atoms with Gasteiger partial charge in [0.2, 0.25) is 11.8 Å². The van der Waals surface area contributed by atoms with Crippen molar-refractivity contribution in [2.75, 3.05) is 35.7 Å². The monoisotopic (exact) mass is 285 g/mol. The normalized spacial score (nSPS) is 10.2. The Kier molecular flexibility index (Phi) is 6.94. The minimum absolute atomic E-state index is 0.0912. The molecule has 0 spiro atoms. The summed E-state index contributed by atoms with van der Waals surface area (Å²) < 4.78 is 0. The first-order chi connectivity index (χ1) is 9.19. The number of nitrogens with zero attached hydrogens (tertiary/aromatic N) is 3. The van der Waals surface area contributed by atoms with Gasteiger partial charge in [-0.05, 0) is 31.8 Å². The van der Waals surface area contributed by atoms with E-state index in [1.54, 1.807) is 11.8 Å². The summed E-state index contributed by atoms with van der Waals surface area (Å²) in [7, 11) is 0. The van der Waals surface area contributed by atoms with Crippen LogP contribution in [-0.2, 0) is 0 Å². The number of nitrogens with one attached hydrogen (secondary N) is 2. The Hall–Kier alpha value is -1.57. The zero-order valence-electron chi connectivity index (χ0n) is 11.2. The first kappa shape index (κ1) is 15.5. The quantitative estimate of drug-likeness (QED) is 0.408. The van der Waals surface area contributed by atoms with E-state index in [1.165, 1.54) is 6.20 Å². The van der Waals surface area contributed by atoms with Crippen molar-refractivity contribution in [3.8, 4) is 0 Å². The summed E-state index contributed by atoms with van der Waals surface area (Å²) in [6.07, 6.45) is 5.33. The molecule has 19 heavy (non-hydrogen) atoms. The maximum absolute atomic E-state index is 10.9. The van der Waals surface area contributed by atoms with Crippen molar-refractivity contribution < 1.29 is 4.92 Å². The lowest BCUT2D eigenvalue weighted by atomic mass is 10.3. The number of thioether (sulfide) groups is 1. The van der Waals surface area contributed by atoms with Gasteiger partial charge in [-0.2, -0.15) is 16.7 Å². The molecule has 0 atom stereocenters. The first-order valence-corrected chi connectivity index (χ1v) is 7.56. The molecule has 0 aliphatic rings. The van der Waals surface area contributed by atoms with E-state index in [-0.39, 0.29) is 11.5 Å². The molecule has 0 saturated heterocycles. The third-order valence-electron chi connectivity index (χ3n) is 2.37. The molecule has 0 saturated carbocycles. The Bertz CT molecular complexity index is 416. The van der Waals surface area contributed by atoms with Crippen LogP contribution in [0.2, 0.25) is 0 Å². The van der Waals surface area contributed by atoms with Crippen molar-refractivity contribution in [2.45, 2.75) is 19.8 Å². The van der Waals surface area contributed by atoms with Gasteiger partial charge in [-0.25, -0.2) is 4.98 Å². The average Bonchev–Trinajstić information content (AvgIpc) is 2.39.